The summed E-state index contributed by atoms with van der Waals surface area (Å²) in [5.41, 5.74) is 11.1. The lowest BCUT2D eigenvalue weighted by Gasteiger charge is -2.09. The first kappa shape index (κ1) is 12.3. The number of rotatable bonds is 2. The van der Waals surface area contributed by atoms with Crippen molar-refractivity contribution in [3.8, 4) is 28.0 Å². The van der Waals surface area contributed by atoms with Crippen molar-refractivity contribution in [2.45, 2.75) is 0 Å². The van der Waals surface area contributed by atoms with E-state index in [1.807, 2.05) is 42.5 Å². The van der Waals surface area contributed by atoms with Crippen LogP contribution in [0.5, 0.6) is 5.75 Å². The lowest BCUT2D eigenvalue weighted by atomic mass is 9.98. The molecular weight excluding hydrogens is 246 g/mol. The first-order valence-corrected chi connectivity index (χ1v) is 6.48. The van der Waals surface area contributed by atoms with Gasteiger partial charge in [0.15, 0.2) is 0 Å². The van der Waals surface area contributed by atoms with Gasteiger partial charge in [0, 0.05) is 11.3 Å². The van der Waals surface area contributed by atoms with Crippen LogP contribution in [0, 0.1) is 0 Å². The summed E-state index contributed by atoms with van der Waals surface area (Å²) in [5, 5.41) is 9.33. The van der Waals surface area contributed by atoms with Gasteiger partial charge in [-0.2, -0.15) is 0 Å². The highest BCUT2D eigenvalue weighted by atomic mass is 16.3. The first-order valence-electron chi connectivity index (χ1n) is 6.48. The minimum atomic E-state index is 0.258. The zero-order valence-corrected chi connectivity index (χ0v) is 11.0. The topological polar surface area (TPSA) is 46.2 Å². The number of nitrogen functional groups attached to an aromatic ring is 1. The Morgan fingerprint density at radius 2 is 1.30 bits per heavy atom. The molecule has 0 saturated heterocycles. The molecular formula is C18H15NO. The molecule has 3 aromatic rings. The largest absolute Gasteiger partial charge is 0.508 e. The van der Waals surface area contributed by atoms with Crippen LogP contribution in [0.4, 0.5) is 5.69 Å². The Kier molecular flexibility index (Phi) is 3.13. The molecule has 3 rings (SSSR count). The number of hydrogen-bond donors (Lipinski definition) is 2. The van der Waals surface area contributed by atoms with Crippen molar-refractivity contribution in [1.29, 1.82) is 0 Å². The van der Waals surface area contributed by atoms with E-state index < -0.39 is 0 Å². The Morgan fingerprint density at radius 1 is 0.650 bits per heavy atom. The molecule has 20 heavy (non-hydrogen) atoms. The molecule has 0 atom stereocenters. The minimum absolute atomic E-state index is 0.258. The maximum Gasteiger partial charge on any atom is 0.115 e. The lowest BCUT2D eigenvalue weighted by molar-refractivity contribution is 0.475. The van der Waals surface area contributed by atoms with E-state index in [1.54, 1.807) is 12.1 Å². The molecule has 0 heterocycles. The van der Waals surface area contributed by atoms with Crippen molar-refractivity contribution in [2.75, 3.05) is 5.73 Å². The Hall–Kier alpha value is -2.74. The van der Waals surface area contributed by atoms with Crippen LogP contribution in [-0.4, -0.2) is 5.11 Å². The second-order valence-electron chi connectivity index (χ2n) is 4.71. The van der Waals surface area contributed by atoms with Gasteiger partial charge >= 0.3 is 0 Å². The highest BCUT2D eigenvalue weighted by molar-refractivity contribution is 5.81. The quantitative estimate of drug-likeness (QED) is 0.675. The van der Waals surface area contributed by atoms with Crippen molar-refractivity contribution in [3.05, 3.63) is 72.8 Å². The molecule has 3 N–H and O–H groups in total. The van der Waals surface area contributed by atoms with E-state index in [-0.39, 0.29) is 5.75 Å². The van der Waals surface area contributed by atoms with Gasteiger partial charge in [-0.3, -0.25) is 0 Å². The normalized spacial score (nSPS) is 10.4. The summed E-state index contributed by atoms with van der Waals surface area (Å²) in [6, 6.07) is 23.3. The molecule has 0 unspecified atom stereocenters. The maximum absolute atomic E-state index is 9.33. The molecule has 0 saturated carbocycles. The number of anilines is 1. The van der Waals surface area contributed by atoms with Gasteiger partial charge in [-0.25, -0.2) is 0 Å². The molecule has 2 nitrogen and oxygen atoms in total. The number of aromatic hydroxyl groups is 1. The fourth-order valence-electron chi connectivity index (χ4n) is 2.28. The molecule has 0 aliphatic rings. The number of hydrogen-bond acceptors (Lipinski definition) is 2. The second-order valence-corrected chi connectivity index (χ2v) is 4.71. The molecule has 3 aromatic carbocycles. The van der Waals surface area contributed by atoms with Crippen LogP contribution in [0.25, 0.3) is 22.3 Å². The highest BCUT2D eigenvalue weighted by Crippen LogP contribution is 2.31. The van der Waals surface area contributed by atoms with Gasteiger partial charge in [0.1, 0.15) is 5.75 Å². The first-order chi connectivity index (χ1) is 9.74. The summed E-state index contributed by atoms with van der Waals surface area (Å²) in [7, 11) is 0. The maximum atomic E-state index is 9.33. The van der Waals surface area contributed by atoms with Gasteiger partial charge in [0.25, 0.3) is 0 Å². The summed E-state index contributed by atoms with van der Waals surface area (Å²) in [4.78, 5) is 0. The van der Waals surface area contributed by atoms with Crippen molar-refractivity contribution in [1.82, 2.24) is 0 Å². The summed E-state index contributed by atoms with van der Waals surface area (Å²) in [6.45, 7) is 0. The fraction of sp³-hybridized carbons (Fsp3) is 0. The number of nitrogens with two attached hydrogens (primary N) is 1. The summed E-state index contributed by atoms with van der Waals surface area (Å²) in [6.07, 6.45) is 0. The zero-order valence-electron chi connectivity index (χ0n) is 11.0. The Balaban J connectivity index is 2.02. The summed E-state index contributed by atoms with van der Waals surface area (Å²) >= 11 is 0. The van der Waals surface area contributed by atoms with Gasteiger partial charge in [-0.1, -0.05) is 54.6 Å². The molecule has 0 aliphatic carbocycles. The van der Waals surface area contributed by atoms with Crippen molar-refractivity contribution in [3.63, 3.8) is 0 Å². The number of phenolic OH excluding ortho intramolecular Hbond substituents is 1. The third kappa shape index (κ3) is 2.36. The van der Waals surface area contributed by atoms with Crippen LogP contribution in [-0.2, 0) is 0 Å². The van der Waals surface area contributed by atoms with Crippen LogP contribution >= 0.6 is 0 Å². The van der Waals surface area contributed by atoms with Crippen molar-refractivity contribution >= 4 is 5.69 Å². The average Bonchev–Trinajstić information content (AvgIpc) is 2.49. The van der Waals surface area contributed by atoms with E-state index in [0.717, 1.165) is 27.9 Å². The van der Waals surface area contributed by atoms with Gasteiger partial charge in [0.2, 0.25) is 0 Å². The second kappa shape index (κ2) is 5.10. The van der Waals surface area contributed by atoms with Gasteiger partial charge in [-0.15, -0.1) is 0 Å². The number of benzene rings is 3. The molecule has 0 aromatic heterocycles. The lowest BCUT2D eigenvalue weighted by Crippen LogP contribution is -1.91. The zero-order chi connectivity index (χ0) is 13.9. The minimum Gasteiger partial charge on any atom is -0.508 e. The average molecular weight is 261 g/mol. The molecule has 0 spiro atoms. The van der Waals surface area contributed by atoms with Crippen LogP contribution in [0.3, 0.4) is 0 Å². The molecule has 0 fully saturated rings. The van der Waals surface area contributed by atoms with Gasteiger partial charge in [0.05, 0.1) is 0 Å². The predicted molar refractivity (Wildman–Crippen MR) is 83.4 cm³/mol. The molecule has 98 valence electrons. The monoisotopic (exact) mass is 261 g/mol. The molecule has 2 heteroatoms. The molecule has 0 radical (unpaired) electrons. The van der Waals surface area contributed by atoms with Crippen LogP contribution in [0.15, 0.2) is 72.8 Å². The Labute approximate surface area is 118 Å². The van der Waals surface area contributed by atoms with E-state index in [1.165, 1.54) is 0 Å². The van der Waals surface area contributed by atoms with E-state index in [4.69, 9.17) is 5.73 Å². The predicted octanol–water partition coefficient (Wildman–Crippen LogP) is 4.31. The van der Waals surface area contributed by atoms with E-state index >= 15 is 0 Å². The van der Waals surface area contributed by atoms with E-state index in [2.05, 4.69) is 18.2 Å². The van der Waals surface area contributed by atoms with Gasteiger partial charge < -0.3 is 10.8 Å². The van der Waals surface area contributed by atoms with Crippen molar-refractivity contribution < 1.29 is 5.11 Å². The van der Waals surface area contributed by atoms with Crippen LogP contribution in [0.2, 0.25) is 0 Å². The van der Waals surface area contributed by atoms with E-state index in [0.29, 0.717) is 0 Å². The van der Waals surface area contributed by atoms with Crippen LogP contribution < -0.4 is 5.73 Å². The standard InChI is InChI=1S/C18H15NO/c19-18-12-15(13-4-2-1-3-5-13)8-11-17(18)14-6-9-16(20)10-7-14/h1-12,20H,19H2. The SMILES string of the molecule is Nc1cc(-c2ccccc2)ccc1-c1ccc(O)cc1. The molecule has 0 aliphatic heterocycles. The Morgan fingerprint density at radius 3 is 1.95 bits per heavy atom. The van der Waals surface area contributed by atoms with Crippen molar-refractivity contribution in [2.24, 2.45) is 0 Å². The third-order valence-corrected chi connectivity index (χ3v) is 3.34. The summed E-state index contributed by atoms with van der Waals surface area (Å²) < 4.78 is 0. The smallest absolute Gasteiger partial charge is 0.115 e. The Bertz CT molecular complexity index is 718. The van der Waals surface area contributed by atoms with Gasteiger partial charge in [-0.05, 0) is 34.9 Å². The summed E-state index contributed by atoms with van der Waals surface area (Å²) in [5.74, 6) is 0.258. The fourth-order valence-corrected chi connectivity index (χ4v) is 2.28. The number of phenols is 1. The third-order valence-electron chi connectivity index (χ3n) is 3.34. The highest BCUT2D eigenvalue weighted by Gasteiger charge is 2.05. The molecule has 0 amide bonds. The van der Waals surface area contributed by atoms with Crippen LogP contribution in [0.1, 0.15) is 0 Å². The van der Waals surface area contributed by atoms with E-state index in [9.17, 15) is 5.11 Å². The molecule has 0 bridgehead atoms.